The number of nitrogens with zero attached hydrogens (tertiary/aromatic N) is 12. The number of nitrogens with two attached hydrogens (primary N) is 1. The van der Waals surface area contributed by atoms with Gasteiger partial charge in [-0.25, -0.2) is 71.8 Å². The number of rotatable bonds is 19. The highest BCUT2D eigenvalue weighted by atomic mass is 35.5. The van der Waals surface area contributed by atoms with Gasteiger partial charge in [-0.2, -0.15) is 0 Å². The second-order valence-electron chi connectivity index (χ2n) is 22.0. The average molecular weight is 1600 g/mol. The van der Waals surface area contributed by atoms with Gasteiger partial charge in [0.05, 0.1) is 112 Å². The number of hydrogen-bond acceptors (Lipinski definition) is 26. The molecule has 37 heteroatoms. The van der Waals surface area contributed by atoms with E-state index < -0.39 is 41.2 Å². The molecule has 110 heavy (non-hydrogen) atoms. The minimum atomic E-state index is -1.16. The summed E-state index contributed by atoms with van der Waals surface area (Å²) in [6.45, 7) is 0. The second-order valence-corrected chi connectivity index (χ2v) is 24.1. The Kier molecular flexibility index (Phi) is 28.6. The molecule has 4 aromatic carbocycles. The van der Waals surface area contributed by atoms with E-state index in [2.05, 4.69) is 85.8 Å². The first-order valence-corrected chi connectivity index (χ1v) is 33.5. The number of aromatic nitrogens is 12. The molecular formula is C73H58Cl5F4N17O11. The van der Waals surface area contributed by atoms with E-state index in [1.807, 2.05) is 0 Å². The fourth-order valence-electron chi connectivity index (χ4n) is 9.20. The molecule has 0 unspecified atom stereocenters. The standard InChI is InChI=1S/C20H17ClFN5O2.C18H14ClFN4O3.C17H12ClFN4O3.C11H7Cl2FN2O.C7H8N2O2/c1-29-17-10-24-18(13-8-11(21)2-5-15(13)22)27-19(17)26-16-6-7-23-9-14(16)20(28)25-12-3-4-12;1-26-15-9-22-16(11-7-10(19)3-4-13(11)20)24-17(15)23-14-5-6-21-8-12(14)18(25)27-2;1-26-14-8-21-15(10-6-9(18)2-3-12(10)19)23-16(14)22-13-4-5-20-7-11(13)17(24)25;1-17-9-5-15-11(16-10(9)13)7-4-6(12)2-3-8(7)14;1-11-7(10)5-4-9-3-2-6(5)8/h2,5-10,12H,3-4H2,1H3,(H,25,28)(H,23,24,26,27);3-9H,1-2H3,(H,21,22,23,24);2-8H,1H3,(H,24,25)(H,20,21,22,23);2-5H,1H3;2-4H,1H3,(H2,8,9). The molecule has 0 atom stereocenters. The molecule has 1 aliphatic carbocycles. The Balaban J connectivity index is 0.000000163. The van der Waals surface area contributed by atoms with E-state index in [0.29, 0.717) is 65.5 Å². The lowest BCUT2D eigenvalue weighted by atomic mass is 10.2. The number of carboxylic acid groups (broad SMARTS) is 1. The first kappa shape index (κ1) is 81.3. The number of carboxylic acids is 1. The number of methoxy groups -OCH3 is 6. The summed E-state index contributed by atoms with van der Waals surface area (Å²) in [6, 6.07) is 22.9. The van der Waals surface area contributed by atoms with Gasteiger partial charge in [-0.05, 0) is 110 Å². The molecule has 0 bridgehead atoms. The van der Waals surface area contributed by atoms with Crippen molar-refractivity contribution in [3.05, 3.63) is 242 Å². The Morgan fingerprint density at radius 2 is 0.736 bits per heavy atom. The molecular weight excluding hydrogens is 1540 g/mol. The van der Waals surface area contributed by atoms with Gasteiger partial charge in [-0.15, -0.1) is 0 Å². The molecule has 13 rings (SSSR count). The van der Waals surface area contributed by atoms with Crippen molar-refractivity contribution in [2.45, 2.75) is 18.9 Å². The molecule has 8 heterocycles. The van der Waals surface area contributed by atoms with E-state index in [-0.39, 0.29) is 103 Å². The van der Waals surface area contributed by atoms with Gasteiger partial charge in [0.15, 0.2) is 68.9 Å². The zero-order valence-electron chi connectivity index (χ0n) is 58.0. The predicted octanol–water partition coefficient (Wildman–Crippen LogP) is 15.7. The number of aromatic carboxylic acids is 1. The first-order chi connectivity index (χ1) is 52.9. The number of hydrogen-bond donors (Lipinski definition) is 6. The van der Waals surface area contributed by atoms with E-state index in [1.165, 1.54) is 190 Å². The van der Waals surface area contributed by atoms with E-state index in [4.69, 9.17) is 87.4 Å². The molecule has 564 valence electrons. The van der Waals surface area contributed by atoms with Crippen LogP contribution in [0, 0.1) is 23.3 Å². The van der Waals surface area contributed by atoms with Crippen LogP contribution in [0.4, 0.5) is 57.8 Å². The maximum atomic E-state index is 14.2. The van der Waals surface area contributed by atoms with Crippen molar-refractivity contribution in [3.63, 3.8) is 0 Å². The molecule has 12 aromatic rings. The van der Waals surface area contributed by atoms with Crippen molar-refractivity contribution in [2.24, 2.45) is 0 Å². The Bertz CT molecular complexity index is 5340. The van der Waals surface area contributed by atoms with Crippen LogP contribution in [0.15, 0.2) is 171 Å². The summed E-state index contributed by atoms with van der Waals surface area (Å²) < 4.78 is 85.9. The van der Waals surface area contributed by atoms with Crippen LogP contribution < -0.4 is 45.9 Å². The number of anilines is 7. The Morgan fingerprint density at radius 3 is 1.08 bits per heavy atom. The smallest absolute Gasteiger partial charge is 0.341 e. The van der Waals surface area contributed by atoms with Crippen molar-refractivity contribution in [3.8, 4) is 68.5 Å². The van der Waals surface area contributed by atoms with Crippen molar-refractivity contribution in [2.75, 3.05) is 64.3 Å². The van der Waals surface area contributed by atoms with Gasteiger partial charge < -0.3 is 60.5 Å². The van der Waals surface area contributed by atoms with Crippen LogP contribution in [0.1, 0.15) is 54.3 Å². The van der Waals surface area contributed by atoms with Crippen molar-refractivity contribution < 1.29 is 70.3 Å². The van der Waals surface area contributed by atoms with Gasteiger partial charge in [-0.3, -0.25) is 24.7 Å². The minimum absolute atomic E-state index is 0.0522. The summed E-state index contributed by atoms with van der Waals surface area (Å²) in [7, 11) is 8.34. The van der Waals surface area contributed by atoms with Gasteiger partial charge in [0.1, 0.15) is 40.0 Å². The van der Waals surface area contributed by atoms with Crippen LogP contribution in [0.2, 0.25) is 25.2 Å². The number of halogens is 9. The summed E-state index contributed by atoms with van der Waals surface area (Å²) >= 11 is 29.5. The number of benzene rings is 4. The van der Waals surface area contributed by atoms with E-state index in [1.54, 1.807) is 24.4 Å². The van der Waals surface area contributed by atoms with Gasteiger partial charge >= 0.3 is 17.9 Å². The molecule has 0 spiro atoms. The molecule has 0 saturated heterocycles. The SMILES string of the molecule is COC(=O)c1cnccc1N.COC(=O)c1cnccc1Nc1nc(-c2cc(Cl)ccc2F)ncc1OC.COc1cnc(-c2cc(Cl)ccc2F)nc1Cl.COc1cnc(-c2cc(Cl)ccc2F)nc1Nc1ccncc1C(=O)NC1CC1.COc1cnc(-c2cc(Cl)ccc2F)nc1Nc1ccncc1C(=O)O. The quantitative estimate of drug-likeness (QED) is 0.0249. The molecule has 0 aliphatic heterocycles. The zero-order valence-corrected chi connectivity index (χ0v) is 61.8. The lowest BCUT2D eigenvalue weighted by Crippen LogP contribution is -2.26. The van der Waals surface area contributed by atoms with E-state index >= 15 is 0 Å². The fourth-order valence-corrected chi connectivity index (χ4v) is 10.1. The zero-order chi connectivity index (χ0) is 79.1. The summed E-state index contributed by atoms with van der Waals surface area (Å²) in [5.74, 6) is -2.06. The number of nitrogens with one attached hydrogen (secondary N) is 4. The largest absolute Gasteiger partial charge is 0.492 e. The molecule has 1 aliphatic rings. The van der Waals surface area contributed by atoms with Crippen LogP contribution in [-0.2, 0) is 9.47 Å². The number of pyridine rings is 4. The fraction of sp³-hybridized carbons (Fsp3) is 0.123. The number of carbonyl (C=O) groups is 4. The summed E-state index contributed by atoms with van der Waals surface area (Å²) in [5, 5.41) is 22.7. The Labute approximate surface area is 647 Å². The maximum absolute atomic E-state index is 14.2. The molecule has 1 saturated carbocycles. The molecule has 0 radical (unpaired) electrons. The Hall–Kier alpha value is -12.8. The van der Waals surface area contributed by atoms with Crippen LogP contribution >= 0.6 is 58.0 Å². The number of nitrogen functional groups attached to an aromatic ring is 1. The minimum Gasteiger partial charge on any atom is -0.492 e. The van der Waals surface area contributed by atoms with Crippen LogP contribution in [0.25, 0.3) is 45.6 Å². The number of ether oxygens (including phenoxy) is 6. The highest BCUT2D eigenvalue weighted by Crippen LogP contribution is 2.36. The molecule has 1 fully saturated rings. The molecule has 8 aromatic heterocycles. The molecule has 1 amide bonds. The highest BCUT2D eigenvalue weighted by Gasteiger charge is 2.26. The first-order valence-electron chi connectivity index (χ1n) is 31.6. The second kappa shape index (κ2) is 38.7. The van der Waals surface area contributed by atoms with E-state index in [0.717, 1.165) is 12.8 Å². The van der Waals surface area contributed by atoms with Crippen molar-refractivity contribution >= 4 is 122 Å². The van der Waals surface area contributed by atoms with Crippen LogP contribution in [0.3, 0.4) is 0 Å². The lowest BCUT2D eigenvalue weighted by Gasteiger charge is -2.14. The highest BCUT2D eigenvalue weighted by molar-refractivity contribution is 6.32. The monoisotopic (exact) mass is 1600 g/mol. The third-order valence-electron chi connectivity index (χ3n) is 14.8. The summed E-state index contributed by atoms with van der Waals surface area (Å²) in [4.78, 5) is 95.4. The van der Waals surface area contributed by atoms with Crippen molar-refractivity contribution in [1.29, 1.82) is 0 Å². The molecule has 7 N–H and O–H groups in total. The summed E-state index contributed by atoms with van der Waals surface area (Å²) in [6.07, 6.45) is 18.9. The summed E-state index contributed by atoms with van der Waals surface area (Å²) in [5.41, 5.74) is 8.40. The van der Waals surface area contributed by atoms with Gasteiger partial charge in [0, 0.05) is 81.4 Å². The predicted molar refractivity (Wildman–Crippen MR) is 402 cm³/mol. The normalized spacial score (nSPS) is 11.0. The average Bonchev–Trinajstić information content (AvgIpc) is 0.916. The van der Waals surface area contributed by atoms with Crippen LogP contribution in [-0.4, -0.2) is 137 Å². The van der Waals surface area contributed by atoms with Gasteiger partial charge in [0.25, 0.3) is 5.91 Å². The van der Waals surface area contributed by atoms with E-state index in [9.17, 15) is 41.8 Å². The maximum Gasteiger partial charge on any atom is 0.341 e. The number of esters is 2. The lowest BCUT2D eigenvalue weighted by molar-refractivity contribution is 0.0592. The number of carbonyl (C=O) groups excluding carboxylic acids is 3. The number of amides is 1. The molecule has 28 nitrogen and oxygen atoms in total. The van der Waals surface area contributed by atoms with Gasteiger partial charge in [-0.1, -0.05) is 58.0 Å². The third-order valence-corrected chi connectivity index (χ3v) is 16.0. The Morgan fingerprint density at radius 1 is 0.418 bits per heavy atom. The van der Waals surface area contributed by atoms with Crippen LogP contribution in [0.5, 0.6) is 23.0 Å². The van der Waals surface area contributed by atoms with Gasteiger partial charge in [0.2, 0.25) is 0 Å². The van der Waals surface area contributed by atoms with Crippen molar-refractivity contribution in [1.82, 2.24) is 65.1 Å². The topological polar surface area (TPSA) is 373 Å². The third kappa shape index (κ3) is 21.5.